The maximum atomic E-state index is 4.66. The van der Waals surface area contributed by atoms with E-state index in [0.717, 1.165) is 27.8 Å². The Labute approximate surface area is 127 Å². The van der Waals surface area contributed by atoms with Crippen LogP contribution in [0.3, 0.4) is 0 Å². The van der Waals surface area contributed by atoms with E-state index in [0.29, 0.717) is 5.82 Å². The molecule has 0 radical (unpaired) electrons. The Balaban J connectivity index is 1.87. The molecule has 5 heteroatoms. The normalized spacial score (nSPS) is 11.0. The number of rotatable bonds is 2. The van der Waals surface area contributed by atoms with E-state index in [-0.39, 0.29) is 0 Å². The van der Waals surface area contributed by atoms with Crippen LogP contribution >= 0.6 is 0 Å². The molecule has 0 N–H and O–H groups in total. The molecule has 2 aromatic heterocycles. The average Bonchev–Trinajstić information content (AvgIpc) is 3.04. The molecule has 2 heterocycles. The Morgan fingerprint density at radius 2 is 1.82 bits per heavy atom. The number of fused-ring (bicyclic) bond motifs is 1. The van der Waals surface area contributed by atoms with Gasteiger partial charge < -0.3 is 0 Å². The summed E-state index contributed by atoms with van der Waals surface area (Å²) in [6.07, 6.45) is 0. The first-order valence-corrected chi connectivity index (χ1v) is 7.03. The molecule has 2 aromatic carbocycles. The monoisotopic (exact) mass is 287 g/mol. The van der Waals surface area contributed by atoms with E-state index in [9.17, 15) is 0 Å². The summed E-state index contributed by atoms with van der Waals surface area (Å²) in [5.41, 5.74) is 3.77. The van der Waals surface area contributed by atoms with E-state index >= 15 is 0 Å². The minimum absolute atomic E-state index is 0.636. The van der Waals surface area contributed by atoms with Gasteiger partial charge in [0.2, 0.25) is 5.82 Å². The van der Waals surface area contributed by atoms with Crippen LogP contribution in [0.2, 0.25) is 0 Å². The predicted octanol–water partition coefficient (Wildman–Crippen LogP) is 3.19. The Bertz CT molecular complexity index is 958. The van der Waals surface area contributed by atoms with Crippen molar-refractivity contribution in [3.05, 3.63) is 66.2 Å². The summed E-state index contributed by atoms with van der Waals surface area (Å²) in [4.78, 5) is 4.66. The minimum atomic E-state index is 0.636. The van der Waals surface area contributed by atoms with Gasteiger partial charge in [0.1, 0.15) is 5.69 Å². The number of para-hydroxylation sites is 1. The van der Waals surface area contributed by atoms with Crippen molar-refractivity contribution < 1.29 is 0 Å². The van der Waals surface area contributed by atoms with Crippen molar-refractivity contribution in [1.29, 1.82) is 0 Å². The second-order valence-electron chi connectivity index (χ2n) is 5.14. The lowest BCUT2D eigenvalue weighted by atomic mass is 10.2. The SMILES string of the molecule is Cc1cccc(-n2nnnc2-c2ccc3ccccc3n2)c1. The second-order valence-corrected chi connectivity index (χ2v) is 5.14. The van der Waals surface area contributed by atoms with Crippen LogP contribution < -0.4 is 0 Å². The highest BCUT2D eigenvalue weighted by atomic mass is 15.5. The van der Waals surface area contributed by atoms with Gasteiger partial charge in [0.05, 0.1) is 11.2 Å². The molecule has 0 saturated carbocycles. The van der Waals surface area contributed by atoms with E-state index in [1.54, 1.807) is 4.68 Å². The average molecular weight is 287 g/mol. The second kappa shape index (κ2) is 5.04. The molecule has 0 spiro atoms. The zero-order chi connectivity index (χ0) is 14.9. The van der Waals surface area contributed by atoms with Gasteiger partial charge in [-0.25, -0.2) is 4.98 Å². The molecule has 0 amide bonds. The van der Waals surface area contributed by atoms with E-state index in [4.69, 9.17) is 0 Å². The highest BCUT2D eigenvalue weighted by Crippen LogP contribution is 2.21. The Morgan fingerprint density at radius 3 is 2.73 bits per heavy atom. The summed E-state index contributed by atoms with van der Waals surface area (Å²) in [5, 5.41) is 13.1. The fourth-order valence-electron chi connectivity index (χ4n) is 2.47. The van der Waals surface area contributed by atoms with Gasteiger partial charge in [0.15, 0.2) is 0 Å². The van der Waals surface area contributed by atoms with Gasteiger partial charge in [0.25, 0.3) is 0 Å². The molecule has 0 fully saturated rings. The maximum absolute atomic E-state index is 4.66. The number of hydrogen-bond donors (Lipinski definition) is 0. The van der Waals surface area contributed by atoms with Gasteiger partial charge in [-0.3, -0.25) is 0 Å². The van der Waals surface area contributed by atoms with Crippen LogP contribution in [0.25, 0.3) is 28.1 Å². The molecule has 0 aliphatic heterocycles. The molecule has 0 atom stereocenters. The Hall–Kier alpha value is -3.08. The molecule has 0 saturated heterocycles. The van der Waals surface area contributed by atoms with Crippen LogP contribution in [0.5, 0.6) is 0 Å². The van der Waals surface area contributed by atoms with Crippen LogP contribution in [0.15, 0.2) is 60.7 Å². The van der Waals surface area contributed by atoms with Crippen LogP contribution in [-0.4, -0.2) is 25.2 Å². The lowest BCUT2D eigenvalue weighted by Gasteiger charge is -2.06. The maximum Gasteiger partial charge on any atom is 0.205 e. The Kier molecular flexibility index (Phi) is 2.89. The van der Waals surface area contributed by atoms with Gasteiger partial charge >= 0.3 is 0 Å². The highest BCUT2D eigenvalue weighted by molar-refractivity contribution is 5.80. The van der Waals surface area contributed by atoms with Crippen molar-refractivity contribution in [3.8, 4) is 17.2 Å². The number of hydrogen-bond acceptors (Lipinski definition) is 4. The number of aryl methyl sites for hydroxylation is 1. The third kappa shape index (κ3) is 2.13. The number of tetrazole rings is 1. The largest absolute Gasteiger partial charge is 0.244 e. The number of pyridine rings is 1. The molecular weight excluding hydrogens is 274 g/mol. The van der Waals surface area contributed by atoms with Gasteiger partial charge in [-0.15, -0.1) is 5.10 Å². The van der Waals surface area contributed by atoms with Crippen LogP contribution in [0, 0.1) is 6.92 Å². The summed E-state index contributed by atoms with van der Waals surface area (Å²) in [5.74, 6) is 0.636. The first kappa shape index (κ1) is 12.6. The molecular formula is C17H13N5. The third-order valence-electron chi connectivity index (χ3n) is 3.54. The summed E-state index contributed by atoms with van der Waals surface area (Å²) in [6, 6.07) is 20.0. The molecule has 4 rings (SSSR count). The van der Waals surface area contributed by atoms with Crippen molar-refractivity contribution in [2.45, 2.75) is 6.92 Å². The predicted molar refractivity (Wildman–Crippen MR) is 84.6 cm³/mol. The van der Waals surface area contributed by atoms with Crippen molar-refractivity contribution in [2.24, 2.45) is 0 Å². The molecule has 22 heavy (non-hydrogen) atoms. The summed E-state index contributed by atoms with van der Waals surface area (Å²) < 4.78 is 1.71. The molecule has 0 aliphatic carbocycles. The first-order chi connectivity index (χ1) is 10.8. The van der Waals surface area contributed by atoms with Crippen LogP contribution in [0.4, 0.5) is 0 Å². The topological polar surface area (TPSA) is 56.5 Å². The standard InChI is InChI=1S/C17H13N5/c1-12-5-4-7-14(11-12)22-17(19-20-21-22)16-10-9-13-6-2-3-8-15(13)18-16/h2-11H,1H3. The minimum Gasteiger partial charge on any atom is -0.244 e. The molecule has 0 unspecified atom stereocenters. The van der Waals surface area contributed by atoms with E-state index in [1.807, 2.05) is 67.6 Å². The summed E-state index contributed by atoms with van der Waals surface area (Å²) >= 11 is 0. The molecule has 5 nitrogen and oxygen atoms in total. The molecule has 106 valence electrons. The van der Waals surface area contributed by atoms with Gasteiger partial charge in [-0.2, -0.15) is 4.68 Å². The van der Waals surface area contributed by atoms with E-state index in [1.165, 1.54) is 0 Å². The molecule has 0 aliphatic rings. The lowest BCUT2D eigenvalue weighted by Crippen LogP contribution is -2.01. The van der Waals surface area contributed by atoms with Crippen molar-refractivity contribution in [1.82, 2.24) is 25.2 Å². The lowest BCUT2D eigenvalue weighted by molar-refractivity contribution is 0.790. The van der Waals surface area contributed by atoms with Gasteiger partial charge in [-0.05, 0) is 47.2 Å². The van der Waals surface area contributed by atoms with E-state index in [2.05, 4.69) is 20.5 Å². The summed E-state index contributed by atoms with van der Waals surface area (Å²) in [6.45, 7) is 2.04. The third-order valence-corrected chi connectivity index (χ3v) is 3.54. The van der Waals surface area contributed by atoms with Crippen molar-refractivity contribution in [2.75, 3.05) is 0 Å². The number of aromatic nitrogens is 5. The first-order valence-electron chi connectivity index (χ1n) is 7.03. The van der Waals surface area contributed by atoms with Crippen LogP contribution in [0.1, 0.15) is 5.56 Å². The van der Waals surface area contributed by atoms with Gasteiger partial charge in [-0.1, -0.05) is 36.4 Å². The summed E-state index contributed by atoms with van der Waals surface area (Å²) in [7, 11) is 0. The van der Waals surface area contributed by atoms with E-state index < -0.39 is 0 Å². The number of benzene rings is 2. The smallest absolute Gasteiger partial charge is 0.205 e. The van der Waals surface area contributed by atoms with Crippen molar-refractivity contribution >= 4 is 10.9 Å². The molecule has 0 bridgehead atoms. The molecule has 4 aromatic rings. The number of nitrogens with zero attached hydrogens (tertiary/aromatic N) is 5. The quantitative estimate of drug-likeness (QED) is 0.568. The van der Waals surface area contributed by atoms with Crippen LogP contribution in [-0.2, 0) is 0 Å². The highest BCUT2D eigenvalue weighted by Gasteiger charge is 2.12. The zero-order valence-corrected chi connectivity index (χ0v) is 12.0. The fraction of sp³-hybridized carbons (Fsp3) is 0.0588. The Morgan fingerprint density at radius 1 is 0.909 bits per heavy atom. The van der Waals surface area contributed by atoms with Gasteiger partial charge in [0, 0.05) is 5.39 Å². The van der Waals surface area contributed by atoms with Crippen molar-refractivity contribution in [3.63, 3.8) is 0 Å². The zero-order valence-electron chi connectivity index (χ0n) is 12.0. The fourth-order valence-corrected chi connectivity index (χ4v) is 2.47.